The molecule has 0 amide bonds. The van der Waals surface area contributed by atoms with E-state index in [0.29, 0.717) is 22.8 Å². The smallest absolute Gasteiger partial charge is 0.228 e. The van der Waals surface area contributed by atoms with Crippen LogP contribution in [0.15, 0.2) is 41.0 Å². The number of benzene rings is 1. The average Bonchev–Trinajstić information content (AvgIpc) is 2.91. The first kappa shape index (κ1) is 11.3. The van der Waals surface area contributed by atoms with Gasteiger partial charge in [0.2, 0.25) is 5.78 Å². The summed E-state index contributed by atoms with van der Waals surface area (Å²) in [6.07, 6.45) is 1.46. The van der Waals surface area contributed by atoms with E-state index in [1.54, 1.807) is 30.3 Å². The molecule has 0 aliphatic carbocycles. The van der Waals surface area contributed by atoms with Crippen LogP contribution in [0.1, 0.15) is 16.1 Å². The molecule has 0 saturated carbocycles. The summed E-state index contributed by atoms with van der Waals surface area (Å²) in [6, 6.07) is 8.29. The lowest BCUT2D eigenvalue weighted by Crippen LogP contribution is -2.01. The van der Waals surface area contributed by atoms with Crippen LogP contribution in [0, 0.1) is 0 Å². The molecule has 0 N–H and O–H groups in total. The molecule has 0 aliphatic heterocycles. The maximum absolute atomic E-state index is 12.0. The van der Waals surface area contributed by atoms with Crippen molar-refractivity contribution in [2.75, 3.05) is 14.2 Å². The van der Waals surface area contributed by atoms with Crippen LogP contribution in [-0.2, 0) is 0 Å². The molecule has 17 heavy (non-hydrogen) atoms. The first-order valence-corrected chi connectivity index (χ1v) is 5.06. The van der Waals surface area contributed by atoms with Gasteiger partial charge in [0, 0.05) is 11.6 Å². The molecule has 1 aromatic heterocycles. The van der Waals surface area contributed by atoms with Gasteiger partial charge < -0.3 is 13.9 Å². The third-order valence-corrected chi connectivity index (χ3v) is 2.36. The van der Waals surface area contributed by atoms with Gasteiger partial charge in [0.15, 0.2) is 5.76 Å². The highest BCUT2D eigenvalue weighted by molar-refractivity contribution is 6.07. The average molecular weight is 232 g/mol. The molecule has 88 valence electrons. The van der Waals surface area contributed by atoms with Crippen LogP contribution in [0.25, 0.3) is 0 Å². The summed E-state index contributed by atoms with van der Waals surface area (Å²) >= 11 is 0. The van der Waals surface area contributed by atoms with Crippen LogP contribution in [0.4, 0.5) is 0 Å². The van der Waals surface area contributed by atoms with Gasteiger partial charge in [-0.3, -0.25) is 4.79 Å². The molecular formula is C13H12O4. The summed E-state index contributed by atoms with van der Waals surface area (Å²) in [7, 11) is 3.08. The molecule has 0 fully saturated rings. The van der Waals surface area contributed by atoms with Gasteiger partial charge in [-0.1, -0.05) is 0 Å². The molecule has 0 unspecified atom stereocenters. The van der Waals surface area contributed by atoms with Crippen LogP contribution in [0.5, 0.6) is 11.5 Å². The van der Waals surface area contributed by atoms with E-state index in [1.807, 2.05) is 0 Å². The normalized spacial score (nSPS) is 10.0. The number of rotatable bonds is 4. The highest BCUT2D eigenvalue weighted by atomic mass is 16.5. The number of carbonyl (C=O) groups excluding carboxylic acids is 1. The summed E-state index contributed by atoms with van der Waals surface area (Å²) in [5, 5.41) is 0. The predicted octanol–water partition coefficient (Wildman–Crippen LogP) is 2.53. The van der Waals surface area contributed by atoms with Gasteiger partial charge >= 0.3 is 0 Å². The minimum atomic E-state index is -0.202. The molecule has 0 bridgehead atoms. The van der Waals surface area contributed by atoms with Gasteiger partial charge in [0.1, 0.15) is 11.5 Å². The van der Waals surface area contributed by atoms with E-state index in [9.17, 15) is 4.79 Å². The van der Waals surface area contributed by atoms with Crippen LogP contribution >= 0.6 is 0 Å². The Morgan fingerprint density at radius 3 is 2.24 bits per heavy atom. The molecule has 0 spiro atoms. The molecule has 1 heterocycles. The Bertz CT molecular complexity index is 492. The second-order valence-corrected chi connectivity index (χ2v) is 3.41. The Hall–Kier alpha value is -2.23. The zero-order valence-corrected chi connectivity index (χ0v) is 9.60. The van der Waals surface area contributed by atoms with Crippen molar-refractivity contribution in [3.05, 3.63) is 47.9 Å². The lowest BCUT2D eigenvalue weighted by molar-refractivity contribution is 0.101. The molecule has 0 saturated heterocycles. The number of ketones is 1. The summed E-state index contributed by atoms with van der Waals surface area (Å²) in [5.74, 6) is 1.23. The van der Waals surface area contributed by atoms with Crippen molar-refractivity contribution in [1.82, 2.24) is 0 Å². The van der Waals surface area contributed by atoms with Crippen LogP contribution < -0.4 is 9.47 Å². The van der Waals surface area contributed by atoms with Crippen molar-refractivity contribution in [2.24, 2.45) is 0 Å². The second-order valence-electron chi connectivity index (χ2n) is 3.41. The van der Waals surface area contributed by atoms with Crippen molar-refractivity contribution < 1.29 is 18.7 Å². The fourth-order valence-corrected chi connectivity index (χ4v) is 1.49. The first-order valence-electron chi connectivity index (χ1n) is 5.06. The molecule has 0 atom stereocenters. The van der Waals surface area contributed by atoms with Crippen molar-refractivity contribution in [3.63, 3.8) is 0 Å². The highest BCUT2D eigenvalue weighted by Crippen LogP contribution is 2.24. The third-order valence-electron chi connectivity index (χ3n) is 2.36. The van der Waals surface area contributed by atoms with Gasteiger partial charge in [0.05, 0.1) is 20.5 Å². The van der Waals surface area contributed by atoms with E-state index in [2.05, 4.69) is 0 Å². The van der Waals surface area contributed by atoms with E-state index >= 15 is 0 Å². The Morgan fingerprint density at radius 2 is 1.76 bits per heavy atom. The van der Waals surface area contributed by atoms with Crippen molar-refractivity contribution in [3.8, 4) is 11.5 Å². The molecular weight excluding hydrogens is 220 g/mol. The van der Waals surface area contributed by atoms with Gasteiger partial charge in [-0.05, 0) is 24.3 Å². The Balaban J connectivity index is 2.41. The number of furan rings is 1. The molecule has 1 aromatic carbocycles. The second kappa shape index (κ2) is 4.74. The Kier molecular flexibility index (Phi) is 3.14. The summed E-state index contributed by atoms with van der Waals surface area (Å²) in [5.41, 5.74) is 0.469. The van der Waals surface area contributed by atoms with Crippen LogP contribution in [0.3, 0.4) is 0 Å². The van der Waals surface area contributed by atoms with Gasteiger partial charge in [-0.2, -0.15) is 0 Å². The number of methoxy groups -OCH3 is 2. The quantitative estimate of drug-likeness (QED) is 0.760. The molecule has 4 nitrogen and oxygen atoms in total. The fourth-order valence-electron chi connectivity index (χ4n) is 1.49. The standard InChI is InChI=1S/C13H12O4/c1-15-10-6-9(7-11(8-10)16-2)13(14)12-4-3-5-17-12/h3-8H,1-2H3. The van der Waals surface area contributed by atoms with Gasteiger partial charge in [-0.15, -0.1) is 0 Å². The zero-order valence-electron chi connectivity index (χ0n) is 9.60. The Labute approximate surface area is 98.8 Å². The monoisotopic (exact) mass is 232 g/mol. The van der Waals surface area contributed by atoms with Crippen molar-refractivity contribution in [2.45, 2.75) is 0 Å². The van der Waals surface area contributed by atoms with E-state index < -0.39 is 0 Å². The topological polar surface area (TPSA) is 48.7 Å². The SMILES string of the molecule is COc1cc(OC)cc(C(=O)c2ccco2)c1. The minimum Gasteiger partial charge on any atom is -0.497 e. The van der Waals surface area contributed by atoms with Gasteiger partial charge in [-0.25, -0.2) is 0 Å². The van der Waals surface area contributed by atoms with Crippen LogP contribution in [0.2, 0.25) is 0 Å². The summed E-state index contributed by atoms with van der Waals surface area (Å²) < 4.78 is 15.3. The fraction of sp³-hybridized carbons (Fsp3) is 0.154. The molecule has 2 aromatic rings. The molecule has 2 rings (SSSR count). The maximum Gasteiger partial charge on any atom is 0.228 e. The Morgan fingerprint density at radius 1 is 1.12 bits per heavy atom. The molecule has 4 heteroatoms. The van der Waals surface area contributed by atoms with Gasteiger partial charge in [0.25, 0.3) is 0 Å². The number of hydrogen-bond acceptors (Lipinski definition) is 4. The van der Waals surface area contributed by atoms with E-state index in [0.717, 1.165) is 0 Å². The van der Waals surface area contributed by atoms with Crippen molar-refractivity contribution in [1.29, 1.82) is 0 Å². The number of hydrogen-bond donors (Lipinski definition) is 0. The lowest BCUT2D eigenvalue weighted by Gasteiger charge is -2.06. The lowest BCUT2D eigenvalue weighted by atomic mass is 10.1. The minimum absolute atomic E-state index is 0.202. The van der Waals surface area contributed by atoms with Crippen LogP contribution in [-0.4, -0.2) is 20.0 Å². The van der Waals surface area contributed by atoms with Crippen molar-refractivity contribution >= 4 is 5.78 Å². The first-order chi connectivity index (χ1) is 8.24. The number of ether oxygens (including phenoxy) is 2. The number of carbonyl (C=O) groups is 1. The van der Waals surface area contributed by atoms with E-state index in [1.165, 1.54) is 20.5 Å². The highest BCUT2D eigenvalue weighted by Gasteiger charge is 2.14. The maximum atomic E-state index is 12.0. The summed E-state index contributed by atoms with van der Waals surface area (Å²) in [4.78, 5) is 12.0. The predicted molar refractivity (Wildman–Crippen MR) is 61.7 cm³/mol. The zero-order chi connectivity index (χ0) is 12.3. The molecule has 0 aliphatic rings. The molecule has 0 radical (unpaired) electrons. The largest absolute Gasteiger partial charge is 0.497 e. The van der Waals surface area contributed by atoms with E-state index in [4.69, 9.17) is 13.9 Å². The third kappa shape index (κ3) is 2.30. The van der Waals surface area contributed by atoms with E-state index in [-0.39, 0.29) is 5.78 Å². The summed E-state index contributed by atoms with van der Waals surface area (Å²) in [6.45, 7) is 0.